The van der Waals surface area contributed by atoms with Crippen LogP contribution in [-0.2, 0) is 11.8 Å². The molecule has 0 atom stereocenters. The monoisotopic (exact) mass is 462 g/mol. The van der Waals surface area contributed by atoms with Crippen LogP contribution in [0.15, 0.2) is 36.5 Å². The zero-order valence-corrected chi connectivity index (χ0v) is 18.2. The van der Waals surface area contributed by atoms with Crippen LogP contribution < -0.4 is 5.32 Å². The first-order chi connectivity index (χ1) is 15.4. The molecule has 0 radical (unpaired) electrons. The van der Waals surface area contributed by atoms with E-state index in [4.69, 9.17) is 0 Å². The molecule has 1 aliphatic carbocycles. The highest BCUT2D eigenvalue weighted by Crippen LogP contribution is 2.34. The van der Waals surface area contributed by atoms with Crippen molar-refractivity contribution in [1.29, 1.82) is 0 Å². The van der Waals surface area contributed by atoms with Crippen LogP contribution in [0.5, 0.6) is 0 Å². The summed E-state index contributed by atoms with van der Waals surface area (Å²) in [7, 11) is 0. The quantitative estimate of drug-likeness (QED) is 0.534. The van der Waals surface area contributed by atoms with Gasteiger partial charge in [-0.1, -0.05) is 6.07 Å². The summed E-state index contributed by atoms with van der Waals surface area (Å²) in [6.45, 7) is 3.09. The van der Waals surface area contributed by atoms with E-state index in [9.17, 15) is 28.2 Å². The number of aliphatic hydroxyl groups is 2. The summed E-state index contributed by atoms with van der Waals surface area (Å²) < 4.78 is 40.8. The molecule has 10 heteroatoms. The molecule has 1 saturated carbocycles. The minimum absolute atomic E-state index is 0.138. The van der Waals surface area contributed by atoms with Crippen LogP contribution in [0.2, 0.25) is 0 Å². The van der Waals surface area contributed by atoms with E-state index >= 15 is 0 Å². The number of nitrogens with one attached hydrogen (secondary N) is 1. The molecule has 0 unspecified atom stereocenters. The smallest absolute Gasteiger partial charge is 0.393 e. The van der Waals surface area contributed by atoms with Crippen molar-refractivity contribution in [2.75, 3.05) is 5.32 Å². The van der Waals surface area contributed by atoms with E-state index in [0.29, 0.717) is 29.3 Å². The standard InChI is InChI=1S/C23H25F3N4O3/c1-22(2,33)16-11-18-13(12-30(29-18)14-6-8-15(31)9-7-14)10-19(16)28-21(32)17-4-3-5-20(27-17)23(24,25)26/h3-5,10-12,14-15,31,33H,6-9H2,1-2H3,(H,28,32). The average Bonchev–Trinajstić information content (AvgIpc) is 3.15. The molecule has 3 N–H and O–H groups in total. The zero-order valence-electron chi connectivity index (χ0n) is 18.2. The molecule has 0 spiro atoms. The average molecular weight is 462 g/mol. The van der Waals surface area contributed by atoms with Crippen LogP contribution in [0.1, 0.15) is 67.3 Å². The fraction of sp³-hybridized carbons (Fsp3) is 0.435. The Morgan fingerprint density at radius 2 is 1.85 bits per heavy atom. The van der Waals surface area contributed by atoms with Crippen molar-refractivity contribution in [3.63, 3.8) is 0 Å². The lowest BCUT2D eigenvalue weighted by molar-refractivity contribution is -0.141. The molecule has 3 aromatic rings. The number of alkyl halides is 3. The number of anilines is 1. The first-order valence-corrected chi connectivity index (χ1v) is 10.7. The molecule has 4 rings (SSSR count). The van der Waals surface area contributed by atoms with Gasteiger partial charge in [-0.3, -0.25) is 9.48 Å². The third-order valence-electron chi connectivity index (χ3n) is 5.88. The Balaban J connectivity index is 1.68. The van der Waals surface area contributed by atoms with E-state index in [1.807, 2.05) is 10.9 Å². The number of nitrogens with zero attached hydrogens (tertiary/aromatic N) is 3. The Hall–Kier alpha value is -2.98. The molecule has 0 aliphatic heterocycles. The lowest BCUT2D eigenvalue weighted by Gasteiger charge is -2.25. The number of benzene rings is 1. The van der Waals surface area contributed by atoms with E-state index in [2.05, 4.69) is 15.4 Å². The maximum absolute atomic E-state index is 13.0. The highest BCUT2D eigenvalue weighted by Gasteiger charge is 2.33. The van der Waals surface area contributed by atoms with Crippen LogP contribution in [0, 0.1) is 0 Å². The number of hydrogen-bond acceptors (Lipinski definition) is 5. The number of amides is 1. The number of halogens is 3. The Morgan fingerprint density at radius 3 is 2.48 bits per heavy atom. The number of hydrogen-bond donors (Lipinski definition) is 3. The van der Waals surface area contributed by atoms with Gasteiger partial charge in [-0.2, -0.15) is 18.3 Å². The van der Waals surface area contributed by atoms with Crippen molar-refractivity contribution in [2.24, 2.45) is 0 Å². The van der Waals surface area contributed by atoms with Gasteiger partial charge in [0.25, 0.3) is 5.91 Å². The fourth-order valence-corrected chi connectivity index (χ4v) is 4.12. The highest BCUT2D eigenvalue weighted by atomic mass is 19.4. The molecule has 2 aromatic heterocycles. The zero-order chi connectivity index (χ0) is 24.0. The van der Waals surface area contributed by atoms with Crippen molar-refractivity contribution < 1.29 is 28.2 Å². The third kappa shape index (κ3) is 5.01. The number of aliphatic hydroxyl groups excluding tert-OH is 1. The second-order valence-electron chi connectivity index (χ2n) is 8.95. The van der Waals surface area contributed by atoms with Crippen LogP contribution >= 0.6 is 0 Å². The Kier molecular flexibility index (Phi) is 5.92. The van der Waals surface area contributed by atoms with Gasteiger partial charge in [-0.25, -0.2) is 4.98 Å². The van der Waals surface area contributed by atoms with E-state index in [1.165, 1.54) is 6.07 Å². The normalized spacial score (nSPS) is 19.6. The minimum atomic E-state index is -4.67. The van der Waals surface area contributed by atoms with Crippen LogP contribution in [0.3, 0.4) is 0 Å². The number of fused-ring (bicyclic) bond motifs is 1. The molecule has 176 valence electrons. The first-order valence-electron chi connectivity index (χ1n) is 10.7. The van der Waals surface area contributed by atoms with E-state index in [0.717, 1.165) is 25.0 Å². The lowest BCUT2D eigenvalue weighted by atomic mass is 9.93. The van der Waals surface area contributed by atoms with E-state index in [1.54, 1.807) is 26.0 Å². The Labute approximate surface area is 188 Å². The van der Waals surface area contributed by atoms with E-state index < -0.39 is 23.4 Å². The van der Waals surface area contributed by atoms with Gasteiger partial charge in [0.1, 0.15) is 11.4 Å². The van der Waals surface area contributed by atoms with Crippen LogP contribution in [-0.4, -0.2) is 37.0 Å². The van der Waals surface area contributed by atoms with Crippen molar-refractivity contribution in [3.8, 4) is 0 Å². The summed E-state index contributed by atoms with van der Waals surface area (Å²) in [4.78, 5) is 16.2. The molecular weight excluding hydrogens is 437 g/mol. The van der Waals surface area contributed by atoms with Crippen LogP contribution in [0.25, 0.3) is 10.9 Å². The lowest BCUT2D eigenvalue weighted by Crippen LogP contribution is -2.22. The van der Waals surface area contributed by atoms with Gasteiger partial charge in [0.15, 0.2) is 0 Å². The van der Waals surface area contributed by atoms with E-state index in [-0.39, 0.29) is 23.5 Å². The number of rotatable bonds is 4. The molecule has 33 heavy (non-hydrogen) atoms. The van der Waals surface area contributed by atoms with Crippen molar-refractivity contribution >= 4 is 22.5 Å². The molecule has 7 nitrogen and oxygen atoms in total. The first kappa shape index (κ1) is 23.2. The molecule has 0 saturated heterocycles. The van der Waals surface area contributed by atoms with Crippen molar-refractivity contribution in [3.05, 3.63) is 53.5 Å². The summed E-state index contributed by atoms with van der Waals surface area (Å²) in [6.07, 6.45) is -0.153. The Bertz CT molecular complexity index is 1180. The summed E-state index contributed by atoms with van der Waals surface area (Å²) >= 11 is 0. The SMILES string of the molecule is CC(C)(O)c1cc2nn(C3CCC(O)CC3)cc2cc1NC(=O)c1cccc(C(F)(F)F)n1. The summed E-state index contributed by atoms with van der Waals surface area (Å²) in [6, 6.07) is 6.56. The molecular formula is C23H25F3N4O3. The predicted octanol–water partition coefficient (Wildman–Crippen LogP) is 4.41. The second kappa shape index (κ2) is 8.42. The molecule has 2 heterocycles. The van der Waals surface area contributed by atoms with Gasteiger partial charge >= 0.3 is 6.18 Å². The minimum Gasteiger partial charge on any atom is -0.393 e. The van der Waals surface area contributed by atoms with Gasteiger partial charge < -0.3 is 15.5 Å². The summed E-state index contributed by atoms with van der Waals surface area (Å²) in [5, 5.41) is 28.4. The maximum Gasteiger partial charge on any atom is 0.433 e. The molecule has 1 fully saturated rings. The summed E-state index contributed by atoms with van der Waals surface area (Å²) in [5.41, 5.74) is -1.64. The molecule has 0 bridgehead atoms. The van der Waals surface area contributed by atoms with Crippen molar-refractivity contribution in [1.82, 2.24) is 14.8 Å². The third-order valence-corrected chi connectivity index (χ3v) is 5.88. The van der Waals surface area contributed by atoms with Crippen molar-refractivity contribution in [2.45, 2.75) is 63.5 Å². The number of carbonyl (C=O) groups is 1. The number of aromatic nitrogens is 3. The molecule has 1 amide bonds. The van der Waals surface area contributed by atoms with Crippen LogP contribution in [0.4, 0.5) is 18.9 Å². The largest absolute Gasteiger partial charge is 0.433 e. The second-order valence-corrected chi connectivity index (χ2v) is 8.95. The van der Waals surface area contributed by atoms with Gasteiger partial charge in [-0.05, 0) is 63.8 Å². The molecule has 1 aliphatic rings. The van der Waals surface area contributed by atoms with Gasteiger partial charge in [0.05, 0.1) is 23.3 Å². The van der Waals surface area contributed by atoms with Gasteiger partial charge in [0.2, 0.25) is 0 Å². The van der Waals surface area contributed by atoms with Gasteiger partial charge in [-0.15, -0.1) is 0 Å². The van der Waals surface area contributed by atoms with Gasteiger partial charge in [0, 0.05) is 22.8 Å². The molecule has 1 aromatic carbocycles. The predicted molar refractivity (Wildman–Crippen MR) is 116 cm³/mol. The maximum atomic E-state index is 13.0. The summed E-state index contributed by atoms with van der Waals surface area (Å²) in [5.74, 6) is -0.820. The topological polar surface area (TPSA) is 100 Å². The number of pyridine rings is 1. The fourth-order valence-electron chi connectivity index (χ4n) is 4.12. The number of carbonyl (C=O) groups excluding carboxylic acids is 1. The Morgan fingerprint density at radius 1 is 1.15 bits per heavy atom. The highest BCUT2D eigenvalue weighted by molar-refractivity contribution is 6.04.